The summed E-state index contributed by atoms with van der Waals surface area (Å²) in [6.45, 7) is 3.68. The molecule has 0 bridgehead atoms. The van der Waals surface area contributed by atoms with Gasteiger partial charge in [-0.1, -0.05) is 29.8 Å². The first-order valence-electron chi connectivity index (χ1n) is 8.60. The number of amides is 1. The van der Waals surface area contributed by atoms with Crippen LogP contribution in [0.4, 0.5) is 5.69 Å². The zero-order chi connectivity index (χ0) is 19.4. The zero-order valence-electron chi connectivity index (χ0n) is 15.5. The first kappa shape index (κ1) is 18.9. The molecule has 6 heteroatoms. The molecule has 0 aliphatic rings. The van der Waals surface area contributed by atoms with Crippen LogP contribution in [0.25, 0.3) is 11.3 Å². The van der Waals surface area contributed by atoms with Gasteiger partial charge in [0.2, 0.25) is 5.91 Å². The molecule has 1 aromatic heterocycles. The van der Waals surface area contributed by atoms with E-state index in [0.717, 1.165) is 16.0 Å². The van der Waals surface area contributed by atoms with Crippen LogP contribution in [0.15, 0.2) is 70.4 Å². The van der Waals surface area contributed by atoms with Crippen LogP contribution in [0.1, 0.15) is 18.5 Å². The van der Waals surface area contributed by atoms with Gasteiger partial charge >= 0.3 is 0 Å². The van der Waals surface area contributed by atoms with Crippen molar-refractivity contribution in [1.29, 1.82) is 0 Å². The van der Waals surface area contributed by atoms with Gasteiger partial charge < -0.3 is 5.32 Å². The molecule has 3 aromatic rings. The molecule has 0 aliphatic heterocycles. The summed E-state index contributed by atoms with van der Waals surface area (Å²) >= 11 is 1.63. The van der Waals surface area contributed by atoms with Gasteiger partial charge in [0, 0.05) is 22.2 Å². The van der Waals surface area contributed by atoms with Crippen LogP contribution < -0.4 is 10.9 Å². The Morgan fingerprint density at radius 2 is 1.70 bits per heavy atom. The number of nitrogens with one attached hydrogen (secondary N) is 1. The molecule has 0 aliphatic carbocycles. The molecule has 0 fully saturated rings. The van der Waals surface area contributed by atoms with Crippen LogP contribution in [0, 0.1) is 6.92 Å². The number of rotatable bonds is 5. The van der Waals surface area contributed by atoms with Crippen molar-refractivity contribution in [2.45, 2.75) is 24.8 Å². The fourth-order valence-corrected chi connectivity index (χ4v) is 3.02. The summed E-state index contributed by atoms with van der Waals surface area (Å²) in [5.74, 6) is -0.289. The smallest absolute Gasteiger partial charge is 0.267 e. The van der Waals surface area contributed by atoms with E-state index in [1.54, 1.807) is 24.8 Å². The van der Waals surface area contributed by atoms with E-state index in [9.17, 15) is 9.59 Å². The fourth-order valence-electron chi connectivity index (χ4n) is 2.61. The van der Waals surface area contributed by atoms with E-state index in [4.69, 9.17) is 0 Å². The normalized spacial score (nSPS) is 11.8. The first-order valence-corrected chi connectivity index (χ1v) is 9.82. The van der Waals surface area contributed by atoms with E-state index in [2.05, 4.69) is 10.4 Å². The molecule has 3 rings (SSSR count). The molecule has 1 N–H and O–H groups in total. The molecule has 2 aromatic carbocycles. The number of carbonyl (C=O) groups is 1. The Labute approximate surface area is 162 Å². The minimum absolute atomic E-state index is 0.289. The third-order valence-electron chi connectivity index (χ3n) is 4.28. The minimum Gasteiger partial charge on any atom is -0.324 e. The topological polar surface area (TPSA) is 64.0 Å². The monoisotopic (exact) mass is 379 g/mol. The SMILES string of the molecule is CSc1ccc(NC(=O)C(C)n2nc(-c3ccc(C)cc3)ccc2=O)cc1. The summed E-state index contributed by atoms with van der Waals surface area (Å²) in [5, 5.41) is 7.24. The molecule has 27 heavy (non-hydrogen) atoms. The van der Waals surface area contributed by atoms with Gasteiger partial charge in [0.1, 0.15) is 6.04 Å². The molecule has 1 atom stereocenters. The predicted molar refractivity (Wildman–Crippen MR) is 110 cm³/mol. The van der Waals surface area contributed by atoms with Crippen molar-refractivity contribution in [3.8, 4) is 11.3 Å². The lowest BCUT2D eigenvalue weighted by atomic mass is 10.1. The highest BCUT2D eigenvalue weighted by molar-refractivity contribution is 7.98. The van der Waals surface area contributed by atoms with Crippen LogP contribution in [-0.2, 0) is 4.79 Å². The number of carbonyl (C=O) groups excluding carboxylic acids is 1. The lowest BCUT2D eigenvalue weighted by Gasteiger charge is -2.15. The number of aryl methyl sites for hydroxylation is 1. The average molecular weight is 379 g/mol. The molecule has 138 valence electrons. The molecule has 0 radical (unpaired) electrons. The van der Waals surface area contributed by atoms with Gasteiger partial charge in [0.05, 0.1) is 5.69 Å². The summed E-state index contributed by atoms with van der Waals surface area (Å²) in [7, 11) is 0. The average Bonchev–Trinajstić information content (AvgIpc) is 2.69. The lowest BCUT2D eigenvalue weighted by Crippen LogP contribution is -2.33. The number of thioether (sulfide) groups is 1. The van der Waals surface area contributed by atoms with Crippen molar-refractivity contribution in [1.82, 2.24) is 9.78 Å². The number of benzene rings is 2. The van der Waals surface area contributed by atoms with Crippen LogP contribution in [0.5, 0.6) is 0 Å². The number of aromatic nitrogens is 2. The highest BCUT2D eigenvalue weighted by atomic mass is 32.2. The van der Waals surface area contributed by atoms with E-state index in [1.165, 1.54) is 10.7 Å². The molecular weight excluding hydrogens is 358 g/mol. The Kier molecular flexibility index (Phi) is 5.76. The predicted octanol–water partition coefficient (Wildman–Crippen LogP) is 4.14. The summed E-state index contributed by atoms with van der Waals surface area (Å²) in [6.07, 6.45) is 1.99. The number of hydrogen-bond acceptors (Lipinski definition) is 4. The van der Waals surface area contributed by atoms with Gasteiger partial charge in [-0.05, 0) is 50.4 Å². The lowest BCUT2D eigenvalue weighted by molar-refractivity contribution is -0.119. The second-order valence-electron chi connectivity index (χ2n) is 6.26. The van der Waals surface area contributed by atoms with Crippen molar-refractivity contribution in [2.75, 3.05) is 11.6 Å². The first-order chi connectivity index (χ1) is 13.0. The Balaban J connectivity index is 1.83. The summed E-state index contributed by atoms with van der Waals surface area (Å²) in [6, 6.07) is 17.8. The number of hydrogen-bond donors (Lipinski definition) is 1. The maximum absolute atomic E-state index is 12.6. The standard InChI is InChI=1S/C21H21N3O2S/c1-14-4-6-16(7-5-14)19-12-13-20(25)24(23-19)15(2)21(26)22-17-8-10-18(27-3)11-9-17/h4-13,15H,1-3H3,(H,22,26). The molecule has 1 amide bonds. The highest BCUT2D eigenvalue weighted by Crippen LogP contribution is 2.19. The second kappa shape index (κ2) is 8.22. The van der Waals surface area contributed by atoms with Crippen LogP contribution >= 0.6 is 11.8 Å². The van der Waals surface area contributed by atoms with Crippen LogP contribution in [0.2, 0.25) is 0 Å². The van der Waals surface area contributed by atoms with E-state index < -0.39 is 6.04 Å². The fraction of sp³-hybridized carbons (Fsp3) is 0.190. The molecule has 0 saturated carbocycles. The third-order valence-corrected chi connectivity index (χ3v) is 5.02. The number of anilines is 1. The minimum atomic E-state index is -0.733. The van der Waals surface area contributed by atoms with Crippen LogP contribution in [-0.4, -0.2) is 21.9 Å². The summed E-state index contributed by atoms with van der Waals surface area (Å²) in [4.78, 5) is 26.0. The Hall–Kier alpha value is -2.86. The van der Waals surface area contributed by atoms with E-state index >= 15 is 0 Å². The Bertz CT molecular complexity index is 995. The quantitative estimate of drug-likeness (QED) is 0.677. The van der Waals surface area contributed by atoms with Gasteiger partial charge in [-0.15, -0.1) is 11.8 Å². The van der Waals surface area contributed by atoms with Gasteiger partial charge in [0.15, 0.2) is 0 Å². The van der Waals surface area contributed by atoms with Gasteiger partial charge in [-0.3, -0.25) is 9.59 Å². The maximum Gasteiger partial charge on any atom is 0.267 e. The molecular formula is C21H21N3O2S. The second-order valence-corrected chi connectivity index (χ2v) is 7.14. The van der Waals surface area contributed by atoms with Crippen molar-refractivity contribution >= 4 is 23.4 Å². The maximum atomic E-state index is 12.6. The molecule has 1 heterocycles. The summed E-state index contributed by atoms with van der Waals surface area (Å²) in [5.41, 5.74) is 3.07. The number of nitrogens with zero attached hydrogens (tertiary/aromatic N) is 2. The molecule has 0 spiro atoms. The Morgan fingerprint density at radius 1 is 1.04 bits per heavy atom. The van der Waals surface area contributed by atoms with Crippen molar-refractivity contribution < 1.29 is 4.79 Å². The van der Waals surface area contributed by atoms with Gasteiger partial charge in [0.25, 0.3) is 5.56 Å². The molecule has 1 unspecified atom stereocenters. The van der Waals surface area contributed by atoms with Crippen molar-refractivity contribution in [3.05, 3.63) is 76.6 Å². The van der Waals surface area contributed by atoms with Crippen LogP contribution in [0.3, 0.4) is 0 Å². The summed E-state index contributed by atoms with van der Waals surface area (Å²) < 4.78 is 1.22. The Morgan fingerprint density at radius 3 is 2.33 bits per heavy atom. The van der Waals surface area contributed by atoms with Gasteiger partial charge in [-0.25, -0.2) is 4.68 Å². The van der Waals surface area contributed by atoms with Crippen molar-refractivity contribution in [2.24, 2.45) is 0 Å². The molecule has 0 saturated heterocycles. The van der Waals surface area contributed by atoms with E-state index in [-0.39, 0.29) is 11.5 Å². The third kappa shape index (κ3) is 4.46. The molecule has 5 nitrogen and oxygen atoms in total. The van der Waals surface area contributed by atoms with Gasteiger partial charge in [-0.2, -0.15) is 5.10 Å². The largest absolute Gasteiger partial charge is 0.324 e. The van der Waals surface area contributed by atoms with E-state index in [0.29, 0.717) is 11.4 Å². The highest BCUT2D eigenvalue weighted by Gasteiger charge is 2.18. The van der Waals surface area contributed by atoms with Crippen molar-refractivity contribution in [3.63, 3.8) is 0 Å². The zero-order valence-corrected chi connectivity index (χ0v) is 16.3. The van der Waals surface area contributed by atoms with E-state index in [1.807, 2.05) is 61.7 Å².